The molecule has 6 heteroatoms. The second-order valence-corrected chi connectivity index (χ2v) is 8.02. The van der Waals surface area contributed by atoms with Crippen molar-refractivity contribution in [3.8, 4) is 0 Å². The lowest BCUT2D eigenvalue weighted by atomic mass is 9.96. The van der Waals surface area contributed by atoms with Gasteiger partial charge in [0.05, 0.1) is 4.90 Å². The summed E-state index contributed by atoms with van der Waals surface area (Å²) in [5, 5.41) is 2.74. The molecule has 1 aliphatic rings. The molecule has 1 aliphatic carbocycles. The molecular formula is C19H22N2O3S. The minimum atomic E-state index is -3.58. The zero-order valence-corrected chi connectivity index (χ0v) is 14.8. The van der Waals surface area contributed by atoms with Crippen molar-refractivity contribution in [1.82, 2.24) is 4.72 Å². The Hall–Kier alpha value is -2.18. The van der Waals surface area contributed by atoms with Gasteiger partial charge in [0.15, 0.2) is 0 Å². The van der Waals surface area contributed by atoms with Crippen molar-refractivity contribution < 1.29 is 13.2 Å². The van der Waals surface area contributed by atoms with E-state index in [2.05, 4.69) is 10.0 Å². The van der Waals surface area contributed by atoms with E-state index in [0.717, 1.165) is 25.7 Å². The molecule has 0 spiro atoms. The van der Waals surface area contributed by atoms with E-state index in [-0.39, 0.29) is 16.8 Å². The maximum atomic E-state index is 12.6. The molecule has 2 aromatic rings. The quantitative estimate of drug-likeness (QED) is 0.858. The molecule has 0 bridgehead atoms. The molecule has 0 aliphatic heterocycles. The molecule has 1 fully saturated rings. The average Bonchev–Trinajstić information content (AvgIpc) is 2.63. The number of anilines is 1. The fourth-order valence-electron chi connectivity index (χ4n) is 3.04. The minimum Gasteiger partial charge on any atom is -0.322 e. The van der Waals surface area contributed by atoms with E-state index in [9.17, 15) is 13.2 Å². The monoisotopic (exact) mass is 358 g/mol. The summed E-state index contributed by atoms with van der Waals surface area (Å²) >= 11 is 0. The van der Waals surface area contributed by atoms with Gasteiger partial charge in [-0.1, -0.05) is 43.5 Å². The molecule has 1 amide bonds. The molecule has 2 aromatic carbocycles. The van der Waals surface area contributed by atoms with Crippen LogP contribution in [0.25, 0.3) is 0 Å². The predicted octanol–water partition coefficient (Wildman–Crippen LogP) is 3.55. The first-order chi connectivity index (χ1) is 12.0. The van der Waals surface area contributed by atoms with E-state index in [0.29, 0.717) is 11.3 Å². The van der Waals surface area contributed by atoms with Crippen LogP contribution in [0.2, 0.25) is 0 Å². The standard InChI is InChI=1S/C19H22N2O3S/c22-19(15-8-3-1-4-9-15)20-17-12-7-13-18(14-17)25(23,24)21-16-10-5-2-6-11-16/h1,3-4,7-9,12-14,16,21H,2,5-6,10-11H2,(H,20,22). The van der Waals surface area contributed by atoms with E-state index in [1.165, 1.54) is 12.5 Å². The van der Waals surface area contributed by atoms with E-state index >= 15 is 0 Å². The number of hydrogen-bond donors (Lipinski definition) is 2. The number of carbonyl (C=O) groups excluding carboxylic acids is 1. The van der Waals surface area contributed by atoms with E-state index < -0.39 is 10.0 Å². The van der Waals surface area contributed by atoms with Gasteiger partial charge in [-0.15, -0.1) is 0 Å². The van der Waals surface area contributed by atoms with E-state index in [4.69, 9.17) is 0 Å². The molecule has 0 aromatic heterocycles. The smallest absolute Gasteiger partial charge is 0.255 e. The largest absolute Gasteiger partial charge is 0.322 e. The highest BCUT2D eigenvalue weighted by atomic mass is 32.2. The second kappa shape index (κ2) is 7.80. The fraction of sp³-hybridized carbons (Fsp3) is 0.316. The number of carbonyl (C=O) groups is 1. The van der Waals surface area contributed by atoms with Crippen molar-refractivity contribution in [2.45, 2.75) is 43.0 Å². The van der Waals surface area contributed by atoms with Gasteiger partial charge in [-0.05, 0) is 43.2 Å². The van der Waals surface area contributed by atoms with Crippen LogP contribution in [0.3, 0.4) is 0 Å². The highest BCUT2D eigenvalue weighted by Crippen LogP contribution is 2.21. The van der Waals surface area contributed by atoms with Gasteiger partial charge in [-0.2, -0.15) is 0 Å². The molecule has 132 valence electrons. The van der Waals surface area contributed by atoms with Crippen molar-refractivity contribution in [3.05, 3.63) is 60.2 Å². The summed E-state index contributed by atoms with van der Waals surface area (Å²) in [5.74, 6) is -0.268. The zero-order chi connectivity index (χ0) is 17.7. The summed E-state index contributed by atoms with van der Waals surface area (Å²) in [6.45, 7) is 0. The minimum absolute atomic E-state index is 0.00122. The van der Waals surface area contributed by atoms with Gasteiger partial charge in [-0.3, -0.25) is 4.79 Å². The highest BCUT2D eigenvalue weighted by molar-refractivity contribution is 7.89. The van der Waals surface area contributed by atoms with Crippen LogP contribution < -0.4 is 10.0 Å². The molecule has 0 unspecified atom stereocenters. The number of amides is 1. The summed E-state index contributed by atoms with van der Waals surface area (Å²) in [6, 6.07) is 15.2. The molecule has 0 saturated heterocycles. The summed E-state index contributed by atoms with van der Waals surface area (Å²) in [6.07, 6.45) is 5.03. The van der Waals surface area contributed by atoms with Gasteiger partial charge in [-0.25, -0.2) is 13.1 Å². The lowest BCUT2D eigenvalue weighted by Crippen LogP contribution is -2.36. The Morgan fingerprint density at radius 3 is 2.36 bits per heavy atom. The Morgan fingerprint density at radius 1 is 0.920 bits per heavy atom. The fourth-order valence-corrected chi connectivity index (χ4v) is 4.39. The maximum Gasteiger partial charge on any atom is 0.255 e. The third kappa shape index (κ3) is 4.67. The Kier molecular flexibility index (Phi) is 5.50. The molecule has 2 N–H and O–H groups in total. The number of sulfonamides is 1. The van der Waals surface area contributed by atoms with Gasteiger partial charge in [0.25, 0.3) is 5.91 Å². The topological polar surface area (TPSA) is 75.3 Å². The number of rotatable bonds is 5. The Labute approximate surface area is 148 Å². The van der Waals surface area contributed by atoms with E-state index in [1.807, 2.05) is 6.07 Å². The molecule has 1 saturated carbocycles. The van der Waals surface area contributed by atoms with Crippen LogP contribution in [0.5, 0.6) is 0 Å². The normalized spacial score (nSPS) is 15.7. The third-order valence-electron chi connectivity index (χ3n) is 4.37. The van der Waals surface area contributed by atoms with Crippen molar-refractivity contribution in [2.24, 2.45) is 0 Å². The summed E-state index contributed by atoms with van der Waals surface area (Å²) in [4.78, 5) is 12.4. The number of nitrogens with one attached hydrogen (secondary N) is 2. The maximum absolute atomic E-state index is 12.6. The lowest BCUT2D eigenvalue weighted by Gasteiger charge is -2.22. The first-order valence-electron chi connectivity index (χ1n) is 8.53. The number of hydrogen-bond acceptors (Lipinski definition) is 3. The van der Waals surface area contributed by atoms with Crippen LogP contribution in [0.1, 0.15) is 42.5 Å². The zero-order valence-electron chi connectivity index (χ0n) is 13.9. The number of benzene rings is 2. The Bertz CT molecular complexity index is 829. The molecule has 25 heavy (non-hydrogen) atoms. The molecule has 3 rings (SSSR count). The van der Waals surface area contributed by atoms with Crippen molar-refractivity contribution >= 4 is 21.6 Å². The van der Waals surface area contributed by atoms with Crippen LogP contribution in [-0.2, 0) is 10.0 Å². The van der Waals surface area contributed by atoms with Crippen LogP contribution in [0, 0.1) is 0 Å². The van der Waals surface area contributed by atoms with Crippen LogP contribution in [-0.4, -0.2) is 20.4 Å². The van der Waals surface area contributed by atoms with Gasteiger partial charge in [0.2, 0.25) is 10.0 Å². The lowest BCUT2D eigenvalue weighted by molar-refractivity contribution is 0.102. The summed E-state index contributed by atoms with van der Waals surface area (Å²) < 4.78 is 28.0. The molecule has 0 atom stereocenters. The van der Waals surface area contributed by atoms with Gasteiger partial charge >= 0.3 is 0 Å². The first kappa shape index (κ1) is 17.6. The van der Waals surface area contributed by atoms with Gasteiger partial charge in [0.1, 0.15) is 0 Å². The van der Waals surface area contributed by atoms with Crippen molar-refractivity contribution in [2.75, 3.05) is 5.32 Å². The SMILES string of the molecule is O=C(Nc1cccc(S(=O)(=O)NC2CCCCC2)c1)c1ccccc1. The summed E-state index contributed by atoms with van der Waals surface area (Å²) in [7, 11) is -3.58. The molecule has 0 radical (unpaired) electrons. The van der Waals surface area contributed by atoms with Crippen LogP contribution in [0.15, 0.2) is 59.5 Å². The Morgan fingerprint density at radius 2 is 1.64 bits per heavy atom. The highest BCUT2D eigenvalue weighted by Gasteiger charge is 2.22. The molecular weight excluding hydrogens is 336 g/mol. The van der Waals surface area contributed by atoms with Crippen molar-refractivity contribution in [3.63, 3.8) is 0 Å². The molecule has 0 heterocycles. The van der Waals surface area contributed by atoms with Gasteiger partial charge < -0.3 is 5.32 Å². The van der Waals surface area contributed by atoms with Crippen LogP contribution >= 0.6 is 0 Å². The summed E-state index contributed by atoms with van der Waals surface area (Å²) in [5.41, 5.74) is 0.983. The first-order valence-corrected chi connectivity index (χ1v) is 10.0. The second-order valence-electron chi connectivity index (χ2n) is 6.30. The Balaban J connectivity index is 1.73. The van der Waals surface area contributed by atoms with E-state index in [1.54, 1.807) is 42.5 Å². The van der Waals surface area contributed by atoms with Crippen molar-refractivity contribution in [1.29, 1.82) is 0 Å². The third-order valence-corrected chi connectivity index (χ3v) is 5.88. The predicted molar refractivity (Wildman–Crippen MR) is 98.0 cm³/mol. The van der Waals surface area contributed by atoms with Gasteiger partial charge in [0, 0.05) is 17.3 Å². The average molecular weight is 358 g/mol. The van der Waals surface area contributed by atoms with Crippen LogP contribution in [0.4, 0.5) is 5.69 Å². The molecule has 5 nitrogen and oxygen atoms in total.